The summed E-state index contributed by atoms with van der Waals surface area (Å²) in [4.78, 5) is 7.99. The standard InChI is InChI=1S/C25H21N3OS2.C5H12O/c1-28(9-10-29-2)18-7-8-20-23(13-18)31-24-14-19(30-25(20)24)11-17(15-26)22-12-16-5-3-4-6-21(16)27-22;1-3-5-6-4-2/h3-8,11,13-14H,9-10,12H2,1-2H3;3-5H2,1-2H3/b17-11+;. The highest BCUT2D eigenvalue weighted by Crippen LogP contribution is 2.41. The summed E-state index contributed by atoms with van der Waals surface area (Å²) in [7, 11) is 3.82. The number of ether oxygens (including phenoxy) is 2. The van der Waals surface area contributed by atoms with Crippen molar-refractivity contribution in [1.29, 1.82) is 5.26 Å². The first-order chi connectivity index (χ1) is 18.1. The van der Waals surface area contributed by atoms with Gasteiger partial charge >= 0.3 is 0 Å². The van der Waals surface area contributed by atoms with E-state index in [1.54, 1.807) is 29.8 Å². The Labute approximate surface area is 227 Å². The lowest BCUT2D eigenvalue weighted by Crippen LogP contribution is -2.21. The summed E-state index contributed by atoms with van der Waals surface area (Å²) in [6.45, 7) is 7.46. The van der Waals surface area contributed by atoms with Crippen LogP contribution in [0.2, 0.25) is 0 Å². The molecule has 192 valence electrons. The highest BCUT2D eigenvalue weighted by molar-refractivity contribution is 7.33. The Morgan fingerprint density at radius 2 is 1.95 bits per heavy atom. The maximum atomic E-state index is 9.76. The van der Waals surface area contributed by atoms with Crippen LogP contribution in [0, 0.1) is 11.3 Å². The Morgan fingerprint density at radius 3 is 2.65 bits per heavy atom. The number of methoxy groups -OCH3 is 1. The maximum absolute atomic E-state index is 9.76. The van der Waals surface area contributed by atoms with E-state index in [-0.39, 0.29) is 0 Å². The van der Waals surface area contributed by atoms with Crippen LogP contribution >= 0.6 is 22.7 Å². The average molecular weight is 532 g/mol. The van der Waals surface area contributed by atoms with E-state index in [4.69, 9.17) is 9.47 Å². The van der Waals surface area contributed by atoms with E-state index >= 15 is 0 Å². The quantitative estimate of drug-likeness (QED) is 0.163. The molecule has 5 nitrogen and oxygen atoms in total. The van der Waals surface area contributed by atoms with Gasteiger partial charge in [-0.1, -0.05) is 31.2 Å². The molecule has 3 heterocycles. The van der Waals surface area contributed by atoms with Gasteiger partial charge in [0.25, 0.3) is 0 Å². The molecule has 0 unspecified atom stereocenters. The number of hydrogen-bond donors (Lipinski definition) is 0. The molecule has 0 atom stereocenters. The smallest absolute Gasteiger partial charge is 0.101 e. The third-order valence-corrected chi connectivity index (χ3v) is 8.44. The first-order valence-corrected chi connectivity index (χ1v) is 14.2. The number of benzene rings is 2. The van der Waals surface area contributed by atoms with Crippen molar-refractivity contribution in [1.82, 2.24) is 0 Å². The summed E-state index contributed by atoms with van der Waals surface area (Å²) >= 11 is 3.55. The molecule has 7 heteroatoms. The summed E-state index contributed by atoms with van der Waals surface area (Å²) < 4.78 is 14.0. The van der Waals surface area contributed by atoms with Crippen molar-refractivity contribution in [3.05, 3.63) is 64.5 Å². The molecule has 0 bridgehead atoms. The lowest BCUT2D eigenvalue weighted by atomic mass is 10.0. The highest BCUT2D eigenvalue weighted by atomic mass is 32.1. The molecular formula is C30H33N3O2S2. The molecule has 0 saturated heterocycles. The van der Waals surface area contributed by atoms with Crippen LogP contribution in [0.1, 0.15) is 30.7 Å². The second kappa shape index (κ2) is 13.0. The predicted molar refractivity (Wildman–Crippen MR) is 160 cm³/mol. The van der Waals surface area contributed by atoms with Gasteiger partial charge in [-0.3, -0.25) is 4.99 Å². The van der Waals surface area contributed by atoms with Gasteiger partial charge in [-0.25, -0.2) is 0 Å². The van der Waals surface area contributed by atoms with Crippen LogP contribution in [0.5, 0.6) is 0 Å². The number of fused-ring (bicyclic) bond motifs is 4. The van der Waals surface area contributed by atoms with E-state index in [9.17, 15) is 5.26 Å². The minimum atomic E-state index is 0.650. The van der Waals surface area contributed by atoms with Crippen LogP contribution < -0.4 is 4.90 Å². The molecule has 0 spiro atoms. The molecule has 37 heavy (non-hydrogen) atoms. The summed E-state index contributed by atoms with van der Waals surface area (Å²) in [5.74, 6) is 0. The van der Waals surface area contributed by atoms with Gasteiger partial charge in [-0.15, -0.1) is 22.7 Å². The van der Waals surface area contributed by atoms with Crippen molar-refractivity contribution in [2.75, 3.05) is 45.4 Å². The van der Waals surface area contributed by atoms with Gasteiger partial charge in [0.2, 0.25) is 0 Å². The summed E-state index contributed by atoms with van der Waals surface area (Å²) in [6, 6.07) is 19.3. The van der Waals surface area contributed by atoms with E-state index in [2.05, 4.69) is 60.3 Å². The predicted octanol–water partition coefficient (Wildman–Crippen LogP) is 7.87. The Kier molecular flexibility index (Phi) is 9.48. The number of allylic oxidation sites excluding steroid dienone is 1. The molecule has 0 amide bonds. The molecule has 4 aromatic rings. The third-order valence-electron chi connectivity index (χ3n) is 6.09. The number of hydrogen-bond acceptors (Lipinski definition) is 7. The summed E-state index contributed by atoms with van der Waals surface area (Å²) in [5.41, 5.74) is 4.86. The van der Waals surface area contributed by atoms with Crippen LogP contribution in [0.3, 0.4) is 0 Å². The van der Waals surface area contributed by atoms with Gasteiger partial charge in [0.05, 0.1) is 28.3 Å². The van der Waals surface area contributed by atoms with Crippen molar-refractivity contribution in [2.24, 2.45) is 4.99 Å². The Bertz CT molecular complexity index is 1450. The zero-order valence-electron chi connectivity index (χ0n) is 21.9. The van der Waals surface area contributed by atoms with Crippen LogP contribution in [0.15, 0.2) is 59.1 Å². The number of nitrogens with zero attached hydrogens (tertiary/aromatic N) is 3. The van der Waals surface area contributed by atoms with Gasteiger partial charge in [-0.2, -0.15) is 5.26 Å². The van der Waals surface area contributed by atoms with Crippen molar-refractivity contribution < 1.29 is 9.47 Å². The van der Waals surface area contributed by atoms with Crippen LogP contribution in [-0.4, -0.2) is 46.2 Å². The molecule has 0 fully saturated rings. The number of nitriles is 1. The van der Waals surface area contributed by atoms with Crippen molar-refractivity contribution in [3.63, 3.8) is 0 Å². The van der Waals surface area contributed by atoms with Gasteiger partial charge in [0, 0.05) is 65.7 Å². The van der Waals surface area contributed by atoms with E-state index in [1.165, 1.54) is 30.7 Å². The van der Waals surface area contributed by atoms with Crippen LogP contribution in [0.4, 0.5) is 11.4 Å². The highest BCUT2D eigenvalue weighted by Gasteiger charge is 2.18. The Hall–Kier alpha value is -3.02. The number of aliphatic imine (C=N–C) groups is 1. The molecule has 2 aromatic heterocycles. The molecule has 1 aliphatic heterocycles. The normalized spacial score (nSPS) is 12.7. The second-order valence-corrected chi connectivity index (χ2v) is 10.9. The average Bonchev–Trinajstić information content (AvgIpc) is 3.61. The van der Waals surface area contributed by atoms with Gasteiger partial charge in [0.15, 0.2) is 0 Å². The topological polar surface area (TPSA) is 57.9 Å². The van der Waals surface area contributed by atoms with Crippen LogP contribution in [-0.2, 0) is 15.9 Å². The molecule has 0 N–H and O–H groups in total. The van der Waals surface area contributed by atoms with Crippen molar-refractivity contribution >= 4 is 65.3 Å². The Balaban J connectivity index is 0.000000480. The molecular weight excluding hydrogens is 498 g/mol. The molecule has 1 aliphatic rings. The van der Waals surface area contributed by atoms with E-state index in [0.29, 0.717) is 12.2 Å². The van der Waals surface area contributed by atoms with Gasteiger partial charge in [0.1, 0.15) is 6.07 Å². The fourth-order valence-corrected chi connectivity index (χ4v) is 6.64. The van der Waals surface area contributed by atoms with Gasteiger partial charge < -0.3 is 14.4 Å². The summed E-state index contributed by atoms with van der Waals surface area (Å²) in [5, 5.41) is 11.0. The van der Waals surface area contributed by atoms with Crippen molar-refractivity contribution in [3.8, 4) is 6.07 Å². The van der Waals surface area contributed by atoms with Crippen molar-refractivity contribution in [2.45, 2.75) is 26.7 Å². The number of likely N-dealkylation sites (N-methyl/N-ethyl adjacent to an activating group) is 1. The maximum Gasteiger partial charge on any atom is 0.101 e. The van der Waals surface area contributed by atoms with E-state index < -0.39 is 0 Å². The number of para-hydroxylation sites is 1. The first kappa shape index (κ1) is 27.0. The van der Waals surface area contributed by atoms with Gasteiger partial charge in [-0.05, 0) is 49.2 Å². The number of thiophene rings is 2. The zero-order chi connectivity index (χ0) is 26.2. The van der Waals surface area contributed by atoms with E-state index in [1.807, 2.05) is 31.2 Å². The van der Waals surface area contributed by atoms with E-state index in [0.717, 1.165) is 48.9 Å². The first-order valence-electron chi connectivity index (χ1n) is 12.6. The Morgan fingerprint density at radius 1 is 1.11 bits per heavy atom. The summed E-state index contributed by atoms with van der Waals surface area (Å²) in [6.07, 6.45) is 3.84. The zero-order valence-corrected chi connectivity index (χ0v) is 23.5. The molecule has 0 saturated carbocycles. The fourth-order valence-electron chi connectivity index (χ4n) is 4.12. The SMILES string of the molecule is CCCOCC.COCCN(C)c1ccc2c(c1)sc1cc(/C=C(\C#N)C3=Nc4ccccc4C3)sc12. The number of rotatable bonds is 9. The molecule has 0 aliphatic carbocycles. The fraction of sp³-hybridized carbons (Fsp3) is 0.333. The number of anilines is 1. The molecule has 5 rings (SSSR count). The monoisotopic (exact) mass is 531 g/mol. The molecule has 0 radical (unpaired) electrons. The molecule has 2 aromatic carbocycles. The lowest BCUT2D eigenvalue weighted by Gasteiger charge is -2.18. The minimum absolute atomic E-state index is 0.650. The largest absolute Gasteiger partial charge is 0.383 e. The third kappa shape index (κ3) is 6.46. The minimum Gasteiger partial charge on any atom is -0.383 e. The van der Waals surface area contributed by atoms with Crippen LogP contribution in [0.25, 0.3) is 25.6 Å². The lowest BCUT2D eigenvalue weighted by molar-refractivity contribution is 0.148. The second-order valence-electron chi connectivity index (χ2n) is 8.77.